The van der Waals surface area contributed by atoms with Gasteiger partial charge in [-0.15, -0.1) is 0 Å². The van der Waals surface area contributed by atoms with Crippen LogP contribution in [0.5, 0.6) is 0 Å². The van der Waals surface area contributed by atoms with E-state index in [-0.39, 0.29) is 22.8 Å². The number of sulfonamides is 1. The van der Waals surface area contributed by atoms with Crippen molar-refractivity contribution in [2.24, 2.45) is 0 Å². The van der Waals surface area contributed by atoms with Crippen LogP contribution in [0.2, 0.25) is 0 Å². The summed E-state index contributed by atoms with van der Waals surface area (Å²) in [6.45, 7) is 1.32. The zero-order valence-electron chi connectivity index (χ0n) is 15.6. The Kier molecular flexibility index (Phi) is 5.90. The van der Waals surface area contributed by atoms with Crippen molar-refractivity contribution < 1.29 is 18.1 Å². The number of likely N-dealkylation sites (N-methyl/N-ethyl adjacent to an activating group) is 1. The maximum absolute atomic E-state index is 13.0. The summed E-state index contributed by atoms with van der Waals surface area (Å²) in [5.74, 6) is -0.586. The molecule has 0 spiro atoms. The molecule has 0 atom stereocenters. The maximum Gasteiger partial charge on any atom is 0.271 e. The van der Waals surface area contributed by atoms with Crippen molar-refractivity contribution in [2.45, 2.75) is 11.8 Å². The van der Waals surface area contributed by atoms with E-state index in [4.69, 9.17) is 0 Å². The van der Waals surface area contributed by atoms with E-state index in [1.165, 1.54) is 30.3 Å². The number of amides is 1. The minimum Gasteiger partial charge on any atom is -0.325 e. The smallest absolute Gasteiger partial charge is 0.271 e. The highest BCUT2D eigenvalue weighted by Gasteiger charge is 2.25. The maximum atomic E-state index is 13.0. The van der Waals surface area contributed by atoms with Gasteiger partial charge in [0.15, 0.2) is 0 Å². The lowest BCUT2D eigenvalue weighted by molar-refractivity contribution is -0.384. The first-order valence-corrected chi connectivity index (χ1v) is 10.3. The third-order valence-electron chi connectivity index (χ3n) is 4.37. The molecule has 0 saturated carbocycles. The fourth-order valence-corrected chi connectivity index (χ4v) is 4.34. The molecular weight excluding hydrogens is 394 g/mol. The lowest BCUT2D eigenvalue weighted by Gasteiger charge is -2.20. The molecule has 1 amide bonds. The van der Waals surface area contributed by atoms with E-state index in [1.54, 1.807) is 19.1 Å². The number of benzene rings is 3. The van der Waals surface area contributed by atoms with Crippen LogP contribution in [0, 0.1) is 10.1 Å². The van der Waals surface area contributed by atoms with Crippen LogP contribution in [-0.4, -0.2) is 36.6 Å². The first kappa shape index (κ1) is 20.4. The van der Waals surface area contributed by atoms with Crippen molar-refractivity contribution in [3.05, 3.63) is 76.8 Å². The standard InChI is InChI=1S/C20H19N3O5S/c1-2-22(14-20(24)21-17-8-5-9-18(13-17)23(25)26)29(27,28)19-11-10-15-6-3-4-7-16(15)12-19/h3-13H,2,14H2,1H3,(H,21,24). The number of nitro benzene ring substituents is 1. The van der Waals surface area contributed by atoms with Crippen molar-refractivity contribution in [3.8, 4) is 0 Å². The second-order valence-corrected chi connectivity index (χ2v) is 8.23. The van der Waals surface area contributed by atoms with E-state index in [9.17, 15) is 23.3 Å². The molecule has 0 bridgehead atoms. The average molecular weight is 413 g/mol. The van der Waals surface area contributed by atoms with Gasteiger partial charge in [0.05, 0.1) is 16.4 Å². The normalized spacial score (nSPS) is 11.5. The Labute approximate surface area is 168 Å². The molecule has 3 aromatic rings. The number of non-ortho nitro benzene ring substituents is 1. The summed E-state index contributed by atoms with van der Waals surface area (Å²) in [4.78, 5) is 22.7. The summed E-state index contributed by atoms with van der Waals surface area (Å²) in [5.41, 5.74) is 0.0577. The number of carbonyl (C=O) groups is 1. The van der Waals surface area contributed by atoms with Gasteiger partial charge >= 0.3 is 0 Å². The molecule has 3 rings (SSSR count). The molecule has 0 aromatic heterocycles. The molecule has 8 nitrogen and oxygen atoms in total. The molecule has 0 radical (unpaired) electrons. The number of nitrogens with zero attached hydrogens (tertiary/aromatic N) is 2. The van der Waals surface area contributed by atoms with Gasteiger partial charge in [-0.05, 0) is 29.0 Å². The predicted octanol–water partition coefficient (Wildman–Crippen LogP) is 3.40. The van der Waals surface area contributed by atoms with Crippen molar-refractivity contribution in [3.63, 3.8) is 0 Å². The van der Waals surface area contributed by atoms with Crippen LogP contribution in [0.3, 0.4) is 0 Å². The molecular formula is C20H19N3O5S. The van der Waals surface area contributed by atoms with Crippen molar-refractivity contribution >= 4 is 38.1 Å². The molecule has 0 aliphatic carbocycles. The van der Waals surface area contributed by atoms with Gasteiger partial charge in [0, 0.05) is 24.4 Å². The number of carbonyl (C=O) groups excluding carboxylic acids is 1. The SMILES string of the molecule is CCN(CC(=O)Nc1cccc([N+](=O)[O-])c1)S(=O)(=O)c1ccc2ccccc2c1. The fourth-order valence-electron chi connectivity index (χ4n) is 2.90. The molecule has 3 aromatic carbocycles. The van der Waals surface area contributed by atoms with E-state index >= 15 is 0 Å². The predicted molar refractivity (Wildman–Crippen MR) is 110 cm³/mol. The molecule has 29 heavy (non-hydrogen) atoms. The molecule has 0 aliphatic rings. The van der Waals surface area contributed by atoms with E-state index in [0.29, 0.717) is 0 Å². The molecule has 9 heteroatoms. The Morgan fingerprint density at radius 2 is 1.76 bits per heavy atom. The summed E-state index contributed by atoms with van der Waals surface area (Å²) in [6, 6.07) is 17.7. The summed E-state index contributed by atoms with van der Waals surface area (Å²) < 4.78 is 27.0. The van der Waals surface area contributed by atoms with Crippen LogP contribution in [0.1, 0.15) is 6.92 Å². The third kappa shape index (κ3) is 4.58. The van der Waals surface area contributed by atoms with Crippen LogP contribution in [0.15, 0.2) is 71.6 Å². The average Bonchev–Trinajstić information content (AvgIpc) is 2.71. The lowest BCUT2D eigenvalue weighted by Crippen LogP contribution is -2.37. The molecule has 0 unspecified atom stereocenters. The lowest BCUT2D eigenvalue weighted by atomic mass is 10.1. The number of hydrogen-bond acceptors (Lipinski definition) is 5. The number of rotatable bonds is 7. The second-order valence-electron chi connectivity index (χ2n) is 6.30. The number of anilines is 1. The molecule has 0 aliphatic heterocycles. The molecule has 150 valence electrons. The van der Waals surface area contributed by atoms with Crippen LogP contribution in [0.25, 0.3) is 10.8 Å². The van der Waals surface area contributed by atoms with Gasteiger partial charge in [-0.2, -0.15) is 4.31 Å². The Bertz CT molecular complexity index is 1180. The van der Waals surface area contributed by atoms with Gasteiger partial charge in [0.2, 0.25) is 15.9 Å². The number of fused-ring (bicyclic) bond motifs is 1. The van der Waals surface area contributed by atoms with Gasteiger partial charge < -0.3 is 5.32 Å². The van der Waals surface area contributed by atoms with Crippen LogP contribution >= 0.6 is 0 Å². The zero-order valence-corrected chi connectivity index (χ0v) is 16.4. The fraction of sp³-hybridized carbons (Fsp3) is 0.150. The summed E-state index contributed by atoms with van der Waals surface area (Å²) in [5, 5.41) is 15.1. The molecule has 1 N–H and O–H groups in total. The van der Waals surface area contributed by atoms with E-state index in [0.717, 1.165) is 15.1 Å². The van der Waals surface area contributed by atoms with Gasteiger partial charge in [0.1, 0.15) is 0 Å². The minimum absolute atomic E-state index is 0.0948. The van der Waals surface area contributed by atoms with E-state index in [2.05, 4.69) is 5.32 Å². The van der Waals surface area contributed by atoms with Gasteiger partial charge in [-0.25, -0.2) is 8.42 Å². The molecule has 0 heterocycles. The van der Waals surface area contributed by atoms with E-state index in [1.807, 2.05) is 24.3 Å². The topological polar surface area (TPSA) is 110 Å². The highest BCUT2D eigenvalue weighted by atomic mass is 32.2. The molecule has 0 fully saturated rings. The zero-order chi connectivity index (χ0) is 21.0. The second kappa shape index (κ2) is 8.38. The van der Waals surface area contributed by atoms with Crippen molar-refractivity contribution in [1.29, 1.82) is 0 Å². The Morgan fingerprint density at radius 3 is 2.45 bits per heavy atom. The van der Waals surface area contributed by atoms with Gasteiger partial charge in [0.25, 0.3) is 5.69 Å². The van der Waals surface area contributed by atoms with Crippen LogP contribution < -0.4 is 5.32 Å². The Balaban J connectivity index is 1.79. The highest BCUT2D eigenvalue weighted by Crippen LogP contribution is 2.22. The van der Waals surface area contributed by atoms with E-state index < -0.39 is 27.4 Å². The third-order valence-corrected chi connectivity index (χ3v) is 6.29. The minimum atomic E-state index is -3.89. The number of nitro groups is 1. The first-order chi connectivity index (χ1) is 13.8. The first-order valence-electron chi connectivity index (χ1n) is 8.84. The van der Waals surface area contributed by atoms with Gasteiger partial charge in [-0.3, -0.25) is 14.9 Å². The van der Waals surface area contributed by atoms with Crippen molar-refractivity contribution in [1.82, 2.24) is 4.31 Å². The Morgan fingerprint density at radius 1 is 1.03 bits per heavy atom. The van der Waals surface area contributed by atoms with Crippen molar-refractivity contribution in [2.75, 3.05) is 18.4 Å². The summed E-state index contributed by atoms with van der Waals surface area (Å²) >= 11 is 0. The number of hydrogen-bond donors (Lipinski definition) is 1. The molecule has 0 saturated heterocycles. The number of nitrogens with one attached hydrogen (secondary N) is 1. The largest absolute Gasteiger partial charge is 0.325 e. The quantitative estimate of drug-likeness (QED) is 0.472. The van der Waals surface area contributed by atoms with Crippen LogP contribution in [0.4, 0.5) is 11.4 Å². The monoisotopic (exact) mass is 413 g/mol. The van der Waals surface area contributed by atoms with Crippen LogP contribution in [-0.2, 0) is 14.8 Å². The Hall–Kier alpha value is -3.30. The summed E-state index contributed by atoms with van der Waals surface area (Å²) in [6.07, 6.45) is 0. The summed E-state index contributed by atoms with van der Waals surface area (Å²) in [7, 11) is -3.89. The highest BCUT2D eigenvalue weighted by molar-refractivity contribution is 7.89. The van der Waals surface area contributed by atoms with Gasteiger partial charge in [-0.1, -0.05) is 43.3 Å².